The van der Waals surface area contributed by atoms with Crippen molar-refractivity contribution in [1.82, 2.24) is 19.8 Å². The van der Waals surface area contributed by atoms with Crippen LogP contribution in [0.2, 0.25) is 0 Å². The Morgan fingerprint density at radius 1 is 1.24 bits per heavy atom. The van der Waals surface area contributed by atoms with Gasteiger partial charge < -0.3 is 14.8 Å². The number of hydrogen-bond donors (Lipinski definition) is 1. The zero-order chi connectivity index (χ0) is 20.2. The zero-order valence-electron chi connectivity index (χ0n) is 16.4. The normalized spacial score (nSPS) is 19.7. The maximum atomic E-state index is 12.9. The van der Waals surface area contributed by atoms with Crippen LogP contribution in [0.15, 0.2) is 27.7 Å². The molecule has 154 valence electrons. The van der Waals surface area contributed by atoms with E-state index in [2.05, 4.69) is 9.97 Å². The van der Waals surface area contributed by atoms with E-state index < -0.39 is 0 Å². The number of aromatic nitrogens is 2. The lowest BCUT2D eigenvalue weighted by molar-refractivity contribution is -0.136. The average Bonchev–Trinajstić information content (AvgIpc) is 3.40. The maximum absolute atomic E-state index is 12.9. The van der Waals surface area contributed by atoms with Gasteiger partial charge in [-0.05, 0) is 43.6 Å². The van der Waals surface area contributed by atoms with Crippen LogP contribution in [0.5, 0.6) is 0 Å². The van der Waals surface area contributed by atoms with E-state index in [1.165, 1.54) is 6.07 Å². The molecular formula is C21H26N4O3S. The van der Waals surface area contributed by atoms with Crippen LogP contribution >= 0.6 is 11.3 Å². The highest BCUT2D eigenvalue weighted by molar-refractivity contribution is 7.08. The smallest absolute Gasteiger partial charge is 0.251 e. The first-order chi connectivity index (χ1) is 14.1. The summed E-state index contributed by atoms with van der Waals surface area (Å²) >= 11 is 1.56. The second-order valence-electron chi connectivity index (χ2n) is 7.71. The molecule has 0 aliphatic carbocycles. The Kier molecular flexibility index (Phi) is 6.08. The molecule has 2 fully saturated rings. The van der Waals surface area contributed by atoms with Crippen LogP contribution < -0.4 is 5.56 Å². The molecule has 2 saturated heterocycles. The number of H-pyrrole nitrogens is 1. The first-order valence-electron chi connectivity index (χ1n) is 10.3. The number of piperidine rings is 1. The highest BCUT2D eigenvalue weighted by Crippen LogP contribution is 2.30. The van der Waals surface area contributed by atoms with Gasteiger partial charge in [-0.15, -0.1) is 0 Å². The number of nitrogens with zero attached hydrogens (tertiary/aromatic N) is 3. The fourth-order valence-electron chi connectivity index (χ4n) is 4.21. The SMILES string of the molecule is O=C1CCCN1CCCC(=O)N1CCCC[C@@H]1c1nc(-c2ccsc2)cc(=O)[nH]1. The molecule has 1 atom stereocenters. The van der Waals surface area contributed by atoms with Crippen molar-refractivity contribution in [3.05, 3.63) is 39.1 Å². The van der Waals surface area contributed by atoms with Crippen molar-refractivity contribution >= 4 is 23.2 Å². The van der Waals surface area contributed by atoms with Gasteiger partial charge in [0.15, 0.2) is 0 Å². The van der Waals surface area contributed by atoms with E-state index in [4.69, 9.17) is 0 Å². The standard InChI is InChI=1S/C21H26N4O3S/c26-18-13-16(15-8-12-29-14-15)22-21(23-18)17-5-1-2-11-25(17)20(28)7-4-10-24-9-3-6-19(24)27/h8,12-14,17H,1-7,9-11H2,(H,22,23,26)/t17-/m1/s1. The largest absolute Gasteiger partial charge is 0.343 e. The molecule has 0 aromatic carbocycles. The van der Waals surface area contributed by atoms with E-state index >= 15 is 0 Å². The van der Waals surface area contributed by atoms with E-state index in [1.54, 1.807) is 11.3 Å². The Hall–Kier alpha value is -2.48. The average molecular weight is 415 g/mol. The number of likely N-dealkylation sites (tertiary alicyclic amines) is 2. The number of thiophene rings is 1. The summed E-state index contributed by atoms with van der Waals surface area (Å²) in [6.45, 7) is 2.13. The lowest BCUT2D eigenvalue weighted by Crippen LogP contribution is -2.40. The van der Waals surface area contributed by atoms with Gasteiger partial charge in [-0.1, -0.05) is 0 Å². The summed E-state index contributed by atoms with van der Waals surface area (Å²) in [6, 6.07) is 3.25. The second kappa shape index (κ2) is 8.90. The summed E-state index contributed by atoms with van der Waals surface area (Å²) < 4.78 is 0. The van der Waals surface area contributed by atoms with Crippen LogP contribution in [0.3, 0.4) is 0 Å². The van der Waals surface area contributed by atoms with E-state index in [1.807, 2.05) is 26.6 Å². The molecule has 0 spiro atoms. The fraction of sp³-hybridized carbons (Fsp3) is 0.524. The summed E-state index contributed by atoms with van der Waals surface area (Å²) in [7, 11) is 0. The lowest BCUT2D eigenvalue weighted by atomic mass is 10.00. The first kappa shape index (κ1) is 19.8. The van der Waals surface area contributed by atoms with Gasteiger partial charge in [-0.25, -0.2) is 4.98 Å². The maximum Gasteiger partial charge on any atom is 0.251 e. The minimum atomic E-state index is -0.198. The molecule has 0 saturated carbocycles. The fourth-order valence-corrected chi connectivity index (χ4v) is 4.86. The Bertz CT molecular complexity index is 924. The van der Waals surface area contributed by atoms with Crippen LogP contribution in [0.4, 0.5) is 0 Å². The Balaban J connectivity index is 1.46. The molecule has 2 aliphatic heterocycles. The number of aromatic amines is 1. The summed E-state index contributed by atoms with van der Waals surface area (Å²) in [5, 5.41) is 3.93. The van der Waals surface area contributed by atoms with Crippen molar-refractivity contribution in [3.8, 4) is 11.3 Å². The first-order valence-corrected chi connectivity index (χ1v) is 11.3. The van der Waals surface area contributed by atoms with Gasteiger partial charge in [0.2, 0.25) is 11.8 Å². The van der Waals surface area contributed by atoms with E-state index in [0.29, 0.717) is 43.9 Å². The summed E-state index contributed by atoms with van der Waals surface area (Å²) in [5.74, 6) is 0.840. The highest BCUT2D eigenvalue weighted by Gasteiger charge is 2.30. The van der Waals surface area contributed by atoms with Gasteiger partial charge in [-0.2, -0.15) is 11.3 Å². The monoisotopic (exact) mass is 414 g/mol. The summed E-state index contributed by atoms with van der Waals surface area (Å²) in [4.78, 5) is 48.2. The van der Waals surface area contributed by atoms with Crippen molar-refractivity contribution in [2.75, 3.05) is 19.6 Å². The molecule has 2 aromatic heterocycles. The number of carbonyl (C=O) groups is 2. The predicted octanol–water partition coefficient (Wildman–Crippen LogP) is 2.95. The van der Waals surface area contributed by atoms with Gasteiger partial charge in [-0.3, -0.25) is 14.4 Å². The molecular weight excluding hydrogens is 388 g/mol. The Morgan fingerprint density at radius 3 is 2.90 bits per heavy atom. The topological polar surface area (TPSA) is 86.4 Å². The molecule has 2 amide bonds. The van der Waals surface area contributed by atoms with E-state index in [9.17, 15) is 14.4 Å². The Labute approximate surface area is 173 Å². The molecule has 0 unspecified atom stereocenters. The van der Waals surface area contributed by atoms with E-state index in [0.717, 1.165) is 37.8 Å². The number of nitrogens with one attached hydrogen (secondary N) is 1. The van der Waals surface area contributed by atoms with Crippen LogP contribution in [0.25, 0.3) is 11.3 Å². The third kappa shape index (κ3) is 4.58. The van der Waals surface area contributed by atoms with Crippen molar-refractivity contribution < 1.29 is 9.59 Å². The molecule has 4 rings (SSSR count). The van der Waals surface area contributed by atoms with Crippen LogP contribution in [-0.2, 0) is 9.59 Å². The summed E-state index contributed by atoms with van der Waals surface area (Å²) in [5.41, 5.74) is 1.38. The van der Waals surface area contributed by atoms with Gasteiger partial charge >= 0.3 is 0 Å². The van der Waals surface area contributed by atoms with Crippen LogP contribution in [-0.4, -0.2) is 51.2 Å². The zero-order valence-corrected chi connectivity index (χ0v) is 17.2. The molecule has 1 N–H and O–H groups in total. The van der Waals surface area contributed by atoms with Crippen molar-refractivity contribution in [2.45, 2.75) is 51.0 Å². The number of carbonyl (C=O) groups excluding carboxylic acids is 2. The van der Waals surface area contributed by atoms with Crippen molar-refractivity contribution in [1.29, 1.82) is 0 Å². The van der Waals surface area contributed by atoms with E-state index in [-0.39, 0.29) is 23.4 Å². The third-order valence-corrected chi connectivity index (χ3v) is 6.39. The molecule has 4 heterocycles. The number of amides is 2. The molecule has 7 nitrogen and oxygen atoms in total. The molecule has 29 heavy (non-hydrogen) atoms. The van der Waals surface area contributed by atoms with Crippen LogP contribution in [0, 0.1) is 0 Å². The number of hydrogen-bond acceptors (Lipinski definition) is 5. The molecule has 2 aromatic rings. The van der Waals surface area contributed by atoms with Crippen molar-refractivity contribution in [3.63, 3.8) is 0 Å². The van der Waals surface area contributed by atoms with Gasteiger partial charge in [0.05, 0.1) is 11.7 Å². The third-order valence-electron chi connectivity index (χ3n) is 5.71. The molecule has 8 heteroatoms. The second-order valence-corrected chi connectivity index (χ2v) is 8.49. The quantitative estimate of drug-likeness (QED) is 0.787. The number of rotatable bonds is 6. The lowest BCUT2D eigenvalue weighted by Gasteiger charge is -2.35. The molecule has 0 bridgehead atoms. The van der Waals surface area contributed by atoms with Gasteiger partial charge in [0, 0.05) is 49.5 Å². The van der Waals surface area contributed by atoms with Crippen LogP contribution in [0.1, 0.15) is 56.8 Å². The Morgan fingerprint density at radius 2 is 2.14 bits per heavy atom. The predicted molar refractivity (Wildman–Crippen MR) is 112 cm³/mol. The molecule has 0 radical (unpaired) electrons. The highest BCUT2D eigenvalue weighted by atomic mass is 32.1. The van der Waals surface area contributed by atoms with Crippen molar-refractivity contribution in [2.24, 2.45) is 0 Å². The molecule has 2 aliphatic rings. The summed E-state index contributed by atoms with van der Waals surface area (Å²) in [6.07, 6.45) is 5.39. The minimum Gasteiger partial charge on any atom is -0.343 e. The van der Waals surface area contributed by atoms with Gasteiger partial charge in [0.25, 0.3) is 5.56 Å². The van der Waals surface area contributed by atoms with Gasteiger partial charge in [0.1, 0.15) is 5.82 Å². The minimum absolute atomic E-state index is 0.0740.